The van der Waals surface area contributed by atoms with Gasteiger partial charge in [0.25, 0.3) is 0 Å². The Bertz CT molecular complexity index is 4940. The van der Waals surface area contributed by atoms with Crippen molar-refractivity contribution in [1.29, 1.82) is 0 Å². The van der Waals surface area contributed by atoms with E-state index < -0.39 is 0 Å². The topological polar surface area (TPSA) is 0 Å². The third kappa shape index (κ3) is 6.26. The van der Waals surface area contributed by atoms with Gasteiger partial charge in [-0.3, -0.25) is 0 Å². The first-order chi connectivity index (χ1) is 36.7. The van der Waals surface area contributed by atoms with Crippen LogP contribution in [0.15, 0.2) is 255 Å². The molecule has 0 saturated heterocycles. The van der Waals surface area contributed by atoms with Gasteiger partial charge in [-0.1, -0.05) is 218 Å². The van der Waals surface area contributed by atoms with E-state index in [1.54, 1.807) is 0 Å². The van der Waals surface area contributed by atoms with Crippen molar-refractivity contribution in [1.82, 2.24) is 0 Å². The van der Waals surface area contributed by atoms with Crippen LogP contribution < -0.4 is 0 Å². The first-order valence-electron chi connectivity index (χ1n) is 25.5. The van der Waals surface area contributed by atoms with Crippen molar-refractivity contribution >= 4 is 128 Å². The summed E-state index contributed by atoms with van der Waals surface area (Å²) >= 11 is 3.83. The minimum atomic E-state index is 1.20. The Labute approximate surface area is 435 Å². The van der Waals surface area contributed by atoms with Crippen LogP contribution in [-0.2, 0) is 0 Å². The number of fused-ring (bicyclic) bond motifs is 18. The standard InChI is InChI=1S/C72H42S2/c1-2-16-43(17-3-1)49-27-14-28-61-62-29-15-30-63(71(62)74-70(49)61)65-38-44(45-33-36-58-54-22-6-4-18-50(54)52-20-8-10-24-56(52)66(58)39-45)32-35-48(65)47-41-64(72-68(42-47)60-26-12-13-31-69(60)73-72)46-34-37-59-55-23-7-5-19-51(55)53-21-9-11-25-57(53)67(59)40-46/h1-42H. The lowest BCUT2D eigenvalue weighted by atomic mass is 9.87. The van der Waals surface area contributed by atoms with Gasteiger partial charge < -0.3 is 0 Å². The minimum Gasteiger partial charge on any atom is -0.135 e. The molecule has 16 aromatic rings. The van der Waals surface area contributed by atoms with Crippen LogP contribution in [0.25, 0.3) is 161 Å². The summed E-state index contributed by atoms with van der Waals surface area (Å²) in [4.78, 5) is 0. The summed E-state index contributed by atoms with van der Waals surface area (Å²) in [5.41, 5.74) is 12.3. The number of hydrogen-bond donors (Lipinski definition) is 0. The van der Waals surface area contributed by atoms with Crippen LogP contribution in [0.4, 0.5) is 0 Å². The molecule has 342 valence electrons. The number of hydrogen-bond acceptors (Lipinski definition) is 2. The summed E-state index contributed by atoms with van der Waals surface area (Å²) in [6, 6.07) is 95.7. The van der Waals surface area contributed by atoms with Gasteiger partial charge in [0.05, 0.1) is 0 Å². The van der Waals surface area contributed by atoms with Gasteiger partial charge in [0.15, 0.2) is 0 Å². The van der Waals surface area contributed by atoms with Crippen molar-refractivity contribution in [3.63, 3.8) is 0 Å². The summed E-state index contributed by atoms with van der Waals surface area (Å²) in [6.45, 7) is 0. The largest absolute Gasteiger partial charge is 0.135 e. The summed E-state index contributed by atoms with van der Waals surface area (Å²) in [6.07, 6.45) is 0. The Morgan fingerprint density at radius 1 is 0.162 bits per heavy atom. The smallest absolute Gasteiger partial charge is 0.0434 e. The lowest BCUT2D eigenvalue weighted by molar-refractivity contribution is 1.60. The monoisotopic (exact) mass is 970 g/mol. The summed E-state index contributed by atoms with van der Waals surface area (Å²) < 4.78 is 5.23. The van der Waals surface area contributed by atoms with Gasteiger partial charge >= 0.3 is 0 Å². The maximum Gasteiger partial charge on any atom is 0.0434 e. The van der Waals surface area contributed by atoms with Gasteiger partial charge in [0.2, 0.25) is 0 Å². The quantitative estimate of drug-likeness (QED) is 0.151. The molecule has 0 nitrogen and oxygen atoms in total. The molecule has 0 unspecified atom stereocenters. The molecular formula is C72H42S2. The predicted octanol–water partition coefficient (Wildman–Crippen LogP) is 21.7. The highest BCUT2D eigenvalue weighted by molar-refractivity contribution is 7.27. The van der Waals surface area contributed by atoms with E-state index in [9.17, 15) is 0 Å². The van der Waals surface area contributed by atoms with Crippen LogP contribution >= 0.6 is 22.7 Å². The lowest BCUT2D eigenvalue weighted by Crippen LogP contribution is -1.91. The number of benzene rings is 14. The number of thiophene rings is 2. The van der Waals surface area contributed by atoms with E-state index in [2.05, 4.69) is 255 Å². The molecule has 16 rings (SSSR count). The normalized spacial score (nSPS) is 12.1. The van der Waals surface area contributed by atoms with E-state index in [-0.39, 0.29) is 0 Å². The summed E-state index contributed by atoms with van der Waals surface area (Å²) in [5, 5.41) is 20.6. The molecule has 2 aromatic heterocycles. The Morgan fingerprint density at radius 2 is 0.568 bits per heavy atom. The zero-order chi connectivity index (χ0) is 48.4. The van der Waals surface area contributed by atoms with Crippen molar-refractivity contribution in [3.05, 3.63) is 255 Å². The second-order valence-corrected chi connectivity index (χ2v) is 21.9. The van der Waals surface area contributed by atoms with E-state index in [0.717, 1.165) is 0 Å². The van der Waals surface area contributed by atoms with Gasteiger partial charge in [0, 0.05) is 51.5 Å². The molecule has 0 aliphatic carbocycles. The van der Waals surface area contributed by atoms with Gasteiger partial charge in [-0.25, -0.2) is 0 Å². The Kier molecular flexibility index (Phi) is 9.18. The lowest BCUT2D eigenvalue weighted by Gasteiger charge is -2.17. The molecule has 0 aliphatic heterocycles. The maximum atomic E-state index is 2.49. The van der Waals surface area contributed by atoms with Crippen molar-refractivity contribution in [2.75, 3.05) is 0 Å². The molecule has 0 fully saturated rings. The van der Waals surface area contributed by atoms with E-state index in [1.165, 1.54) is 161 Å². The number of rotatable bonds is 5. The van der Waals surface area contributed by atoms with Crippen LogP contribution in [0.2, 0.25) is 0 Å². The second kappa shape index (κ2) is 16.3. The molecule has 0 amide bonds. The molecule has 0 spiro atoms. The summed E-state index contributed by atoms with van der Waals surface area (Å²) in [7, 11) is 0. The molecule has 0 bridgehead atoms. The van der Waals surface area contributed by atoms with Crippen LogP contribution in [0, 0.1) is 0 Å². The van der Waals surface area contributed by atoms with Crippen LogP contribution in [0.3, 0.4) is 0 Å². The summed E-state index contributed by atoms with van der Waals surface area (Å²) in [5.74, 6) is 0. The fraction of sp³-hybridized carbons (Fsp3) is 0. The molecule has 0 aliphatic rings. The Morgan fingerprint density at radius 3 is 1.18 bits per heavy atom. The molecule has 0 N–H and O–H groups in total. The minimum absolute atomic E-state index is 1.20. The average Bonchev–Trinajstić information content (AvgIpc) is 4.07. The van der Waals surface area contributed by atoms with Crippen molar-refractivity contribution < 1.29 is 0 Å². The average molecular weight is 971 g/mol. The molecule has 0 atom stereocenters. The van der Waals surface area contributed by atoms with Gasteiger partial charge in [-0.15, -0.1) is 22.7 Å². The molecule has 2 heterocycles. The van der Waals surface area contributed by atoms with E-state index in [4.69, 9.17) is 0 Å². The third-order valence-electron chi connectivity index (χ3n) is 15.8. The highest BCUT2D eigenvalue weighted by Gasteiger charge is 2.21. The fourth-order valence-corrected chi connectivity index (χ4v) is 15.0. The Hall–Kier alpha value is -8.92. The molecule has 74 heavy (non-hydrogen) atoms. The Balaban J connectivity index is 0.973. The molecule has 2 heteroatoms. The van der Waals surface area contributed by atoms with Gasteiger partial charge in [-0.05, 0) is 146 Å². The van der Waals surface area contributed by atoms with Crippen LogP contribution in [0.5, 0.6) is 0 Å². The molecular weight excluding hydrogens is 929 g/mol. The second-order valence-electron chi connectivity index (χ2n) is 19.8. The molecule has 0 radical (unpaired) electrons. The SMILES string of the molecule is c1ccc(-c2cccc3c2sc2c(-c4cc(-c5ccc6c7ccccc7c7ccccc7c6c5)ccc4-c4cc(-c5ccc6c7ccccc7c7ccccc7c6c5)c5sc6ccccc6c5c4)cccc23)cc1. The highest BCUT2D eigenvalue weighted by Crippen LogP contribution is 2.50. The first-order valence-corrected chi connectivity index (χ1v) is 27.1. The zero-order valence-electron chi connectivity index (χ0n) is 40.1. The fourth-order valence-electron chi connectivity index (χ4n) is 12.4. The zero-order valence-corrected chi connectivity index (χ0v) is 41.7. The van der Waals surface area contributed by atoms with Crippen molar-refractivity contribution in [2.45, 2.75) is 0 Å². The van der Waals surface area contributed by atoms with E-state index in [0.29, 0.717) is 0 Å². The van der Waals surface area contributed by atoms with E-state index in [1.807, 2.05) is 22.7 Å². The molecule has 0 saturated carbocycles. The highest BCUT2D eigenvalue weighted by atomic mass is 32.1. The van der Waals surface area contributed by atoms with Gasteiger partial charge in [0.1, 0.15) is 0 Å². The van der Waals surface area contributed by atoms with E-state index >= 15 is 0 Å². The van der Waals surface area contributed by atoms with Crippen LogP contribution in [-0.4, -0.2) is 0 Å². The van der Waals surface area contributed by atoms with Crippen molar-refractivity contribution in [3.8, 4) is 55.6 Å². The van der Waals surface area contributed by atoms with Gasteiger partial charge in [-0.2, -0.15) is 0 Å². The molecule has 14 aromatic carbocycles. The first kappa shape index (κ1) is 41.7. The third-order valence-corrected chi connectivity index (χ3v) is 18.3. The van der Waals surface area contributed by atoms with Crippen molar-refractivity contribution in [2.24, 2.45) is 0 Å². The predicted molar refractivity (Wildman–Crippen MR) is 324 cm³/mol. The maximum absolute atomic E-state index is 2.49. The van der Waals surface area contributed by atoms with Crippen LogP contribution in [0.1, 0.15) is 0 Å².